The molecule has 1 aromatic carbocycles. The van der Waals surface area contributed by atoms with E-state index in [2.05, 4.69) is 21.2 Å². The molecule has 0 saturated heterocycles. The van der Waals surface area contributed by atoms with Gasteiger partial charge >= 0.3 is 5.97 Å². The van der Waals surface area contributed by atoms with E-state index in [9.17, 15) is 9.59 Å². The van der Waals surface area contributed by atoms with Crippen LogP contribution in [0.2, 0.25) is 0 Å². The summed E-state index contributed by atoms with van der Waals surface area (Å²) in [5, 5.41) is 11.7. The highest BCUT2D eigenvalue weighted by atomic mass is 79.9. The molecule has 0 unspecified atom stereocenters. The zero-order valence-electron chi connectivity index (χ0n) is 11.7. The second kappa shape index (κ2) is 8.04. The number of nitrogens with one attached hydrogen (secondary N) is 1. The number of carboxylic acids is 1. The van der Waals surface area contributed by atoms with E-state index in [1.807, 2.05) is 38.1 Å². The van der Waals surface area contributed by atoms with E-state index in [-0.39, 0.29) is 18.2 Å². The van der Waals surface area contributed by atoms with Crippen LogP contribution in [0.3, 0.4) is 0 Å². The smallest absolute Gasteiger partial charge is 0.326 e. The van der Waals surface area contributed by atoms with Crippen LogP contribution < -0.4 is 5.32 Å². The molecule has 5 heteroatoms. The highest BCUT2D eigenvalue weighted by Gasteiger charge is 2.20. The number of halogens is 1. The van der Waals surface area contributed by atoms with Crippen molar-refractivity contribution in [1.29, 1.82) is 0 Å². The van der Waals surface area contributed by atoms with Crippen LogP contribution >= 0.6 is 15.9 Å². The largest absolute Gasteiger partial charge is 0.480 e. The van der Waals surface area contributed by atoms with Crippen LogP contribution in [-0.4, -0.2) is 23.0 Å². The minimum atomic E-state index is -0.979. The molecule has 1 rings (SSSR count). The van der Waals surface area contributed by atoms with Gasteiger partial charge in [0.1, 0.15) is 6.04 Å². The van der Waals surface area contributed by atoms with Crippen LogP contribution in [0, 0.1) is 5.92 Å². The predicted octanol–water partition coefficient (Wildman–Crippen LogP) is 3.00. The van der Waals surface area contributed by atoms with Crippen LogP contribution in [0.5, 0.6) is 0 Å². The molecular weight excluding hydrogens is 322 g/mol. The lowest BCUT2D eigenvalue weighted by atomic mass is 10.0. The third-order valence-electron chi connectivity index (χ3n) is 2.92. The topological polar surface area (TPSA) is 66.4 Å². The summed E-state index contributed by atoms with van der Waals surface area (Å²) in [6, 6.07) is 6.89. The van der Waals surface area contributed by atoms with E-state index < -0.39 is 12.0 Å². The Labute approximate surface area is 127 Å². The summed E-state index contributed by atoms with van der Waals surface area (Å²) >= 11 is 3.43. The first kappa shape index (κ1) is 16.7. The van der Waals surface area contributed by atoms with Gasteiger partial charge in [0.25, 0.3) is 0 Å². The molecule has 0 aliphatic carbocycles. The molecule has 2 N–H and O–H groups in total. The number of aryl methyl sites for hydroxylation is 1. The molecule has 0 bridgehead atoms. The molecular formula is C15H20BrNO3. The van der Waals surface area contributed by atoms with Crippen molar-refractivity contribution in [1.82, 2.24) is 5.32 Å². The summed E-state index contributed by atoms with van der Waals surface area (Å²) < 4.78 is 0.963. The second-order valence-electron chi connectivity index (χ2n) is 5.18. The van der Waals surface area contributed by atoms with Crippen LogP contribution in [-0.2, 0) is 16.0 Å². The highest BCUT2D eigenvalue weighted by Crippen LogP contribution is 2.17. The summed E-state index contributed by atoms with van der Waals surface area (Å²) in [7, 11) is 0. The third kappa shape index (κ3) is 5.74. The number of hydrogen-bond acceptors (Lipinski definition) is 2. The fourth-order valence-electron chi connectivity index (χ4n) is 1.91. The van der Waals surface area contributed by atoms with E-state index in [4.69, 9.17) is 5.11 Å². The quantitative estimate of drug-likeness (QED) is 0.801. The van der Waals surface area contributed by atoms with Gasteiger partial charge in [0, 0.05) is 10.9 Å². The SMILES string of the molecule is CC(C)C[C@H](NC(=O)CCc1ccccc1Br)C(=O)O. The molecule has 20 heavy (non-hydrogen) atoms. The molecule has 0 fully saturated rings. The average Bonchev–Trinajstić information content (AvgIpc) is 2.36. The molecule has 1 atom stereocenters. The van der Waals surface area contributed by atoms with Gasteiger partial charge in [-0.1, -0.05) is 48.0 Å². The third-order valence-corrected chi connectivity index (χ3v) is 3.69. The van der Waals surface area contributed by atoms with E-state index in [1.54, 1.807) is 0 Å². The van der Waals surface area contributed by atoms with Crippen molar-refractivity contribution in [2.45, 2.75) is 39.2 Å². The van der Waals surface area contributed by atoms with Crippen LogP contribution in [0.1, 0.15) is 32.3 Å². The molecule has 1 amide bonds. The molecule has 0 aliphatic heterocycles. The highest BCUT2D eigenvalue weighted by molar-refractivity contribution is 9.10. The summed E-state index contributed by atoms with van der Waals surface area (Å²) in [5.74, 6) is -0.985. The van der Waals surface area contributed by atoms with Crippen molar-refractivity contribution >= 4 is 27.8 Å². The van der Waals surface area contributed by atoms with Gasteiger partial charge in [0.05, 0.1) is 0 Å². The Morgan fingerprint density at radius 1 is 1.30 bits per heavy atom. The molecule has 0 heterocycles. The van der Waals surface area contributed by atoms with Crippen LogP contribution in [0.25, 0.3) is 0 Å². The lowest BCUT2D eigenvalue weighted by Crippen LogP contribution is -2.41. The Morgan fingerprint density at radius 3 is 2.50 bits per heavy atom. The van der Waals surface area contributed by atoms with Gasteiger partial charge in [-0.25, -0.2) is 4.79 Å². The average molecular weight is 342 g/mol. The summed E-state index contributed by atoms with van der Waals surface area (Å²) in [6.45, 7) is 3.87. The fourth-order valence-corrected chi connectivity index (χ4v) is 2.39. The van der Waals surface area contributed by atoms with Crippen molar-refractivity contribution < 1.29 is 14.7 Å². The Bertz CT molecular complexity index is 474. The zero-order chi connectivity index (χ0) is 15.1. The van der Waals surface area contributed by atoms with Gasteiger partial charge in [-0.15, -0.1) is 0 Å². The van der Waals surface area contributed by atoms with Gasteiger partial charge in [0.2, 0.25) is 5.91 Å². The standard InChI is InChI=1S/C15H20BrNO3/c1-10(2)9-13(15(19)20)17-14(18)8-7-11-5-3-4-6-12(11)16/h3-6,10,13H,7-9H2,1-2H3,(H,17,18)(H,19,20)/t13-/m0/s1. The monoisotopic (exact) mass is 341 g/mol. The Balaban J connectivity index is 2.50. The molecule has 0 radical (unpaired) electrons. The molecule has 1 aromatic rings. The lowest BCUT2D eigenvalue weighted by molar-refractivity contribution is -0.142. The summed E-state index contributed by atoms with van der Waals surface area (Å²) in [6.07, 6.45) is 1.31. The molecule has 0 saturated carbocycles. The number of hydrogen-bond donors (Lipinski definition) is 2. The first-order valence-electron chi connectivity index (χ1n) is 6.65. The minimum absolute atomic E-state index is 0.222. The fraction of sp³-hybridized carbons (Fsp3) is 0.467. The molecule has 110 valence electrons. The van der Waals surface area contributed by atoms with E-state index in [1.165, 1.54) is 0 Å². The van der Waals surface area contributed by atoms with Gasteiger partial charge in [-0.2, -0.15) is 0 Å². The number of amides is 1. The summed E-state index contributed by atoms with van der Waals surface area (Å²) in [4.78, 5) is 22.9. The zero-order valence-corrected chi connectivity index (χ0v) is 13.3. The molecule has 0 aromatic heterocycles. The minimum Gasteiger partial charge on any atom is -0.480 e. The number of rotatable bonds is 7. The van der Waals surface area contributed by atoms with Gasteiger partial charge < -0.3 is 10.4 Å². The first-order chi connectivity index (χ1) is 9.40. The molecule has 0 aliphatic rings. The maximum Gasteiger partial charge on any atom is 0.326 e. The van der Waals surface area contributed by atoms with E-state index >= 15 is 0 Å². The van der Waals surface area contributed by atoms with Crippen molar-refractivity contribution in [2.24, 2.45) is 5.92 Å². The Morgan fingerprint density at radius 2 is 1.95 bits per heavy atom. The van der Waals surface area contributed by atoms with E-state index in [0.717, 1.165) is 10.0 Å². The van der Waals surface area contributed by atoms with Gasteiger partial charge in [-0.3, -0.25) is 4.79 Å². The van der Waals surface area contributed by atoms with Crippen molar-refractivity contribution in [3.8, 4) is 0 Å². The predicted molar refractivity (Wildman–Crippen MR) is 81.5 cm³/mol. The number of benzene rings is 1. The second-order valence-corrected chi connectivity index (χ2v) is 6.03. The number of carbonyl (C=O) groups excluding carboxylic acids is 1. The van der Waals surface area contributed by atoms with Crippen molar-refractivity contribution in [3.63, 3.8) is 0 Å². The number of aliphatic carboxylic acids is 1. The Kier molecular flexibility index (Phi) is 6.71. The lowest BCUT2D eigenvalue weighted by Gasteiger charge is -2.16. The maximum atomic E-state index is 11.8. The van der Waals surface area contributed by atoms with Gasteiger partial charge in [-0.05, 0) is 30.4 Å². The maximum absolute atomic E-state index is 11.8. The number of carboxylic acid groups (broad SMARTS) is 1. The van der Waals surface area contributed by atoms with Crippen molar-refractivity contribution in [2.75, 3.05) is 0 Å². The first-order valence-corrected chi connectivity index (χ1v) is 7.45. The van der Waals surface area contributed by atoms with E-state index in [0.29, 0.717) is 12.8 Å². The van der Waals surface area contributed by atoms with Crippen LogP contribution in [0.4, 0.5) is 0 Å². The van der Waals surface area contributed by atoms with Crippen LogP contribution in [0.15, 0.2) is 28.7 Å². The van der Waals surface area contributed by atoms with Gasteiger partial charge in [0.15, 0.2) is 0 Å². The summed E-state index contributed by atoms with van der Waals surface area (Å²) in [5.41, 5.74) is 1.04. The normalized spacial score (nSPS) is 12.2. The van der Waals surface area contributed by atoms with Crippen molar-refractivity contribution in [3.05, 3.63) is 34.3 Å². The number of carbonyl (C=O) groups is 2. The molecule has 4 nitrogen and oxygen atoms in total. The molecule has 0 spiro atoms. The Hall–Kier alpha value is -1.36.